The summed E-state index contributed by atoms with van der Waals surface area (Å²) in [5.74, 6) is 1.24. The minimum Gasteiger partial charge on any atom is -0.310 e. The van der Waals surface area contributed by atoms with Crippen LogP contribution in [0.4, 0.5) is 5.69 Å². The van der Waals surface area contributed by atoms with Crippen LogP contribution in [0, 0.1) is 22.0 Å². The van der Waals surface area contributed by atoms with Crippen LogP contribution in [0.15, 0.2) is 24.3 Å². The lowest BCUT2D eigenvalue weighted by Gasteiger charge is -2.22. The first-order chi connectivity index (χ1) is 9.40. The highest BCUT2D eigenvalue weighted by atomic mass is 16.6. The first kappa shape index (κ1) is 16.6. The summed E-state index contributed by atoms with van der Waals surface area (Å²) in [6.07, 6.45) is 2.19. The Morgan fingerprint density at radius 2 is 1.65 bits per heavy atom. The zero-order valence-corrected chi connectivity index (χ0v) is 12.9. The molecule has 0 heterocycles. The molecule has 0 unspecified atom stereocenters. The Labute approximate surface area is 121 Å². The molecule has 4 heteroatoms. The Hall–Kier alpha value is -1.42. The summed E-state index contributed by atoms with van der Waals surface area (Å²) in [4.78, 5) is 10.7. The summed E-state index contributed by atoms with van der Waals surface area (Å²) < 4.78 is 0. The van der Waals surface area contributed by atoms with Crippen LogP contribution >= 0.6 is 0 Å². The van der Waals surface area contributed by atoms with Crippen LogP contribution in [0.1, 0.15) is 46.1 Å². The van der Waals surface area contributed by atoms with Gasteiger partial charge in [0.2, 0.25) is 0 Å². The Morgan fingerprint density at radius 3 is 2.15 bits per heavy atom. The second-order valence-electron chi connectivity index (χ2n) is 6.22. The number of rotatable bonds is 8. The molecular formula is C16H26N2O2. The zero-order valence-electron chi connectivity index (χ0n) is 12.9. The highest BCUT2D eigenvalue weighted by Crippen LogP contribution is 2.19. The van der Waals surface area contributed by atoms with Gasteiger partial charge in [0.15, 0.2) is 0 Å². The average molecular weight is 278 g/mol. The Balaban J connectivity index is 2.69. The van der Waals surface area contributed by atoms with E-state index in [1.807, 2.05) is 12.1 Å². The van der Waals surface area contributed by atoms with Gasteiger partial charge >= 0.3 is 0 Å². The topological polar surface area (TPSA) is 55.2 Å². The van der Waals surface area contributed by atoms with Crippen molar-refractivity contribution in [2.75, 3.05) is 0 Å². The van der Waals surface area contributed by atoms with E-state index in [0.717, 1.165) is 18.4 Å². The van der Waals surface area contributed by atoms with Crippen LogP contribution < -0.4 is 5.32 Å². The van der Waals surface area contributed by atoms with E-state index in [1.165, 1.54) is 0 Å². The highest BCUT2D eigenvalue weighted by molar-refractivity contribution is 5.39. The highest BCUT2D eigenvalue weighted by Gasteiger charge is 2.16. The molecule has 1 N–H and O–H groups in total. The van der Waals surface area contributed by atoms with E-state index in [-0.39, 0.29) is 10.6 Å². The third-order valence-corrected chi connectivity index (χ3v) is 3.28. The fourth-order valence-electron chi connectivity index (χ4n) is 2.49. The van der Waals surface area contributed by atoms with Crippen LogP contribution in [-0.4, -0.2) is 11.0 Å². The lowest BCUT2D eigenvalue weighted by Crippen LogP contribution is -2.31. The number of nitrogens with zero attached hydrogens (tertiary/aromatic N) is 1. The lowest BCUT2D eigenvalue weighted by molar-refractivity contribution is -0.385. The van der Waals surface area contributed by atoms with Gasteiger partial charge in [0.25, 0.3) is 5.69 Å². The van der Waals surface area contributed by atoms with Crippen molar-refractivity contribution in [3.8, 4) is 0 Å². The van der Waals surface area contributed by atoms with Crippen molar-refractivity contribution in [2.45, 2.75) is 53.1 Å². The van der Waals surface area contributed by atoms with E-state index in [9.17, 15) is 10.1 Å². The van der Waals surface area contributed by atoms with E-state index in [1.54, 1.807) is 12.1 Å². The molecule has 112 valence electrons. The molecule has 0 spiro atoms. The number of nitro benzene ring substituents is 1. The lowest BCUT2D eigenvalue weighted by atomic mass is 9.95. The average Bonchev–Trinajstić information content (AvgIpc) is 2.34. The Morgan fingerprint density at radius 1 is 1.10 bits per heavy atom. The monoisotopic (exact) mass is 278 g/mol. The summed E-state index contributed by atoms with van der Waals surface area (Å²) in [5.41, 5.74) is 0.961. The molecule has 0 bridgehead atoms. The SMILES string of the molecule is CC(C)CC(CC(C)C)NCc1ccccc1[N+](=O)[O-]. The summed E-state index contributed by atoms with van der Waals surface area (Å²) >= 11 is 0. The van der Waals surface area contributed by atoms with Crippen LogP contribution in [-0.2, 0) is 6.54 Å². The molecule has 0 aliphatic rings. The van der Waals surface area contributed by atoms with Gasteiger partial charge < -0.3 is 5.32 Å². The van der Waals surface area contributed by atoms with Gasteiger partial charge in [-0.2, -0.15) is 0 Å². The quantitative estimate of drug-likeness (QED) is 0.574. The van der Waals surface area contributed by atoms with E-state index >= 15 is 0 Å². The molecule has 0 amide bonds. The maximum Gasteiger partial charge on any atom is 0.273 e. The molecule has 0 radical (unpaired) electrons. The van der Waals surface area contributed by atoms with Gasteiger partial charge in [-0.15, -0.1) is 0 Å². The molecule has 0 aliphatic carbocycles. The summed E-state index contributed by atoms with van der Waals surface area (Å²) in [6, 6.07) is 7.37. The molecular weight excluding hydrogens is 252 g/mol. The first-order valence-corrected chi connectivity index (χ1v) is 7.35. The van der Waals surface area contributed by atoms with Crippen molar-refractivity contribution in [3.63, 3.8) is 0 Å². The molecule has 0 atom stereocenters. The molecule has 0 saturated heterocycles. The number of hydrogen-bond donors (Lipinski definition) is 1. The second kappa shape index (κ2) is 8.00. The van der Waals surface area contributed by atoms with E-state index in [4.69, 9.17) is 0 Å². The van der Waals surface area contributed by atoms with E-state index < -0.39 is 0 Å². The Bertz CT molecular complexity index is 420. The predicted molar refractivity (Wildman–Crippen MR) is 82.6 cm³/mol. The number of benzene rings is 1. The third kappa shape index (κ3) is 5.70. The van der Waals surface area contributed by atoms with Crippen LogP contribution in [0.2, 0.25) is 0 Å². The van der Waals surface area contributed by atoms with Gasteiger partial charge in [0.1, 0.15) is 0 Å². The van der Waals surface area contributed by atoms with Crippen molar-refractivity contribution in [1.29, 1.82) is 0 Å². The van der Waals surface area contributed by atoms with E-state index in [0.29, 0.717) is 24.4 Å². The molecule has 1 aromatic carbocycles. The molecule has 0 aromatic heterocycles. The van der Waals surface area contributed by atoms with Crippen molar-refractivity contribution >= 4 is 5.69 Å². The molecule has 0 fully saturated rings. The number of nitrogens with one attached hydrogen (secondary N) is 1. The Kier molecular flexibility index (Phi) is 6.65. The minimum absolute atomic E-state index is 0.202. The van der Waals surface area contributed by atoms with Crippen LogP contribution in [0.3, 0.4) is 0 Å². The standard InChI is InChI=1S/C16H26N2O2/c1-12(2)9-15(10-13(3)4)17-11-14-7-5-6-8-16(14)18(19)20/h5-8,12-13,15,17H,9-11H2,1-4H3. The van der Waals surface area contributed by atoms with Crippen molar-refractivity contribution in [2.24, 2.45) is 11.8 Å². The molecule has 1 aromatic rings. The summed E-state index contributed by atoms with van der Waals surface area (Å²) in [7, 11) is 0. The smallest absolute Gasteiger partial charge is 0.273 e. The minimum atomic E-state index is -0.309. The van der Waals surface area contributed by atoms with Crippen LogP contribution in [0.5, 0.6) is 0 Å². The molecule has 4 nitrogen and oxygen atoms in total. The van der Waals surface area contributed by atoms with Gasteiger partial charge in [0, 0.05) is 24.2 Å². The van der Waals surface area contributed by atoms with Crippen LogP contribution in [0.25, 0.3) is 0 Å². The fourth-order valence-corrected chi connectivity index (χ4v) is 2.49. The molecule has 0 aliphatic heterocycles. The van der Waals surface area contributed by atoms with Crippen molar-refractivity contribution in [1.82, 2.24) is 5.32 Å². The van der Waals surface area contributed by atoms with Gasteiger partial charge in [-0.1, -0.05) is 45.9 Å². The number of nitro groups is 1. The fraction of sp³-hybridized carbons (Fsp3) is 0.625. The number of para-hydroxylation sites is 1. The van der Waals surface area contributed by atoms with Gasteiger partial charge in [-0.25, -0.2) is 0 Å². The zero-order chi connectivity index (χ0) is 15.1. The largest absolute Gasteiger partial charge is 0.310 e. The van der Waals surface area contributed by atoms with Gasteiger partial charge in [-0.05, 0) is 24.7 Å². The first-order valence-electron chi connectivity index (χ1n) is 7.35. The number of hydrogen-bond acceptors (Lipinski definition) is 3. The summed E-state index contributed by atoms with van der Waals surface area (Å²) in [6.45, 7) is 9.39. The predicted octanol–water partition coefficient (Wildman–Crippen LogP) is 4.15. The van der Waals surface area contributed by atoms with Crippen molar-refractivity contribution < 1.29 is 4.92 Å². The molecule has 1 rings (SSSR count). The molecule has 0 saturated carbocycles. The summed E-state index contributed by atoms with van der Waals surface area (Å²) in [5, 5.41) is 14.5. The third-order valence-electron chi connectivity index (χ3n) is 3.28. The second-order valence-corrected chi connectivity index (χ2v) is 6.22. The normalized spacial score (nSPS) is 11.6. The van der Waals surface area contributed by atoms with E-state index in [2.05, 4.69) is 33.0 Å². The molecule has 20 heavy (non-hydrogen) atoms. The maximum absolute atomic E-state index is 11.0. The van der Waals surface area contributed by atoms with Crippen molar-refractivity contribution in [3.05, 3.63) is 39.9 Å². The van der Waals surface area contributed by atoms with Gasteiger partial charge in [-0.3, -0.25) is 10.1 Å². The van der Waals surface area contributed by atoms with Gasteiger partial charge in [0.05, 0.1) is 4.92 Å². The maximum atomic E-state index is 11.0.